The summed E-state index contributed by atoms with van der Waals surface area (Å²) < 4.78 is 0. The Morgan fingerprint density at radius 1 is 0.172 bits per heavy atom. The van der Waals surface area contributed by atoms with Crippen molar-refractivity contribution >= 4 is 10.8 Å². The monoisotopic (exact) mass is 734 g/mol. The van der Waals surface area contributed by atoms with E-state index in [1.807, 2.05) is 0 Å². The van der Waals surface area contributed by atoms with Crippen LogP contribution >= 0.6 is 0 Å². The summed E-state index contributed by atoms with van der Waals surface area (Å²) in [7, 11) is 0. The van der Waals surface area contributed by atoms with Gasteiger partial charge in [-0.3, -0.25) is 0 Å². The number of hydrogen-bond acceptors (Lipinski definition) is 0. The summed E-state index contributed by atoms with van der Waals surface area (Å²) in [4.78, 5) is 0. The number of benzene rings is 10. The van der Waals surface area contributed by atoms with Gasteiger partial charge in [0.2, 0.25) is 0 Å². The molecule has 0 fully saturated rings. The lowest BCUT2D eigenvalue weighted by atomic mass is 9.78. The predicted molar refractivity (Wildman–Crippen MR) is 246 cm³/mol. The van der Waals surface area contributed by atoms with E-state index in [4.69, 9.17) is 0 Å². The second-order valence-electron chi connectivity index (χ2n) is 15.2. The summed E-state index contributed by atoms with van der Waals surface area (Å²) in [6.07, 6.45) is 0. The Balaban J connectivity index is 1.06. The summed E-state index contributed by atoms with van der Waals surface area (Å²) in [5.41, 5.74) is 22.2. The van der Waals surface area contributed by atoms with E-state index in [2.05, 4.69) is 231 Å². The van der Waals surface area contributed by atoms with Crippen LogP contribution in [-0.4, -0.2) is 0 Å². The first-order valence-electron chi connectivity index (χ1n) is 20.1. The van der Waals surface area contributed by atoms with Crippen molar-refractivity contribution in [3.63, 3.8) is 0 Å². The van der Waals surface area contributed by atoms with Gasteiger partial charge in [0.1, 0.15) is 0 Å². The Labute approximate surface area is 340 Å². The molecule has 0 saturated heterocycles. The van der Waals surface area contributed by atoms with E-state index in [0.29, 0.717) is 0 Å². The molecule has 0 saturated carbocycles. The lowest BCUT2D eigenvalue weighted by molar-refractivity contribution is 1.52. The van der Waals surface area contributed by atoms with E-state index in [1.54, 1.807) is 0 Å². The fraction of sp³-hybridized carbons (Fsp3) is 0. The van der Waals surface area contributed by atoms with Crippen LogP contribution in [0.4, 0.5) is 0 Å². The van der Waals surface area contributed by atoms with Crippen molar-refractivity contribution in [1.82, 2.24) is 0 Å². The van der Waals surface area contributed by atoms with Crippen LogP contribution in [0.25, 0.3) is 111 Å². The lowest BCUT2D eigenvalue weighted by Crippen LogP contribution is -1.98. The molecule has 10 aromatic rings. The zero-order valence-corrected chi connectivity index (χ0v) is 31.9. The summed E-state index contributed by atoms with van der Waals surface area (Å²) in [5, 5.41) is 2.67. The Morgan fingerprint density at radius 3 is 1.16 bits per heavy atom. The number of fused-ring (bicyclic) bond motifs is 3. The summed E-state index contributed by atoms with van der Waals surface area (Å²) in [6.45, 7) is 0. The molecule has 0 atom stereocenters. The molecule has 58 heavy (non-hydrogen) atoms. The van der Waals surface area contributed by atoms with Crippen molar-refractivity contribution in [1.29, 1.82) is 0 Å². The quantitative estimate of drug-likeness (QED) is 0.153. The maximum atomic E-state index is 2.43. The minimum Gasteiger partial charge on any atom is -0.0622 e. The van der Waals surface area contributed by atoms with Crippen LogP contribution in [0.3, 0.4) is 0 Å². The zero-order valence-electron chi connectivity index (χ0n) is 31.9. The minimum absolute atomic E-state index is 1.18. The molecular weight excluding hydrogens is 697 g/mol. The number of rotatable bonds is 7. The zero-order chi connectivity index (χ0) is 38.4. The average molecular weight is 735 g/mol. The third-order valence-electron chi connectivity index (χ3n) is 11.8. The van der Waals surface area contributed by atoms with E-state index in [-0.39, 0.29) is 0 Å². The van der Waals surface area contributed by atoms with E-state index in [9.17, 15) is 0 Å². The molecule has 0 heterocycles. The number of hydrogen-bond donors (Lipinski definition) is 0. The molecule has 0 N–H and O–H groups in total. The van der Waals surface area contributed by atoms with Gasteiger partial charge in [-0.2, -0.15) is 0 Å². The fourth-order valence-electron chi connectivity index (χ4n) is 9.15. The minimum atomic E-state index is 1.18. The topological polar surface area (TPSA) is 0 Å². The highest BCUT2D eigenvalue weighted by Crippen LogP contribution is 2.51. The molecule has 1 aliphatic carbocycles. The van der Waals surface area contributed by atoms with E-state index >= 15 is 0 Å². The van der Waals surface area contributed by atoms with E-state index < -0.39 is 0 Å². The van der Waals surface area contributed by atoms with Gasteiger partial charge in [-0.25, -0.2) is 0 Å². The molecule has 0 aliphatic heterocycles. The van der Waals surface area contributed by atoms with Crippen molar-refractivity contribution in [2.45, 2.75) is 0 Å². The average Bonchev–Trinajstić information content (AvgIpc) is 3.63. The standard InChI is InChI=1S/C58H38/c1-5-16-41(17-6-1)52-38-53(57(44-20-9-3-10-21-44)58(45-22-11-4-12-23-45)56(52)43-18-7-2-8-19-43)48-27-13-26-46(36-48)39-30-32-40(33-31-39)47-34-35-49-50-28-14-24-42-25-15-29-51(55(42)50)54(49)37-47/h1-38H. The molecule has 0 nitrogen and oxygen atoms in total. The molecule has 11 rings (SSSR count). The largest absolute Gasteiger partial charge is 0.0622 e. The predicted octanol–water partition coefficient (Wildman–Crippen LogP) is 16.2. The van der Waals surface area contributed by atoms with Crippen LogP contribution in [0.15, 0.2) is 231 Å². The first-order valence-corrected chi connectivity index (χ1v) is 20.1. The van der Waals surface area contributed by atoms with Gasteiger partial charge in [-0.15, -0.1) is 0 Å². The summed E-state index contributed by atoms with van der Waals surface area (Å²) in [5.74, 6) is 0. The third kappa shape index (κ3) is 5.78. The molecule has 0 radical (unpaired) electrons. The molecular formula is C58H38. The van der Waals surface area contributed by atoms with Gasteiger partial charge in [-0.1, -0.05) is 212 Å². The SMILES string of the molecule is c1ccc(-c2cc(-c3cccc(-c4ccc(-c5ccc6c(c5)-c5cccc7cccc-6c57)cc4)c3)c(-c3ccccc3)c(-c3ccccc3)c2-c2ccccc2)cc1. The van der Waals surface area contributed by atoms with Crippen LogP contribution in [0.5, 0.6) is 0 Å². The molecule has 10 aromatic carbocycles. The Kier molecular flexibility index (Phi) is 8.26. The maximum Gasteiger partial charge on any atom is -0.00143 e. The van der Waals surface area contributed by atoms with Crippen LogP contribution < -0.4 is 0 Å². The third-order valence-corrected chi connectivity index (χ3v) is 11.8. The van der Waals surface area contributed by atoms with E-state index in [0.717, 1.165) is 0 Å². The van der Waals surface area contributed by atoms with Gasteiger partial charge < -0.3 is 0 Å². The van der Waals surface area contributed by atoms with Crippen LogP contribution in [0.2, 0.25) is 0 Å². The molecule has 0 spiro atoms. The molecule has 0 aromatic heterocycles. The Morgan fingerprint density at radius 2 is 0.586 bits per heavy atom. The molecule has 0 heteroatoms. The maximum absolute atomic E-state index is 2.43. The highest BCUT2D eigenvalue weighted by Gasteiger charge is 2.24. The Bertz CT molecular complexity index is 3100. The smallest absolute Gasteiger partial charge is 0.00143 e. The first kappa shape index (κ1) is 33.8. The van der Waals surface area contributed by atoms with Crippen molar-refractivity contribution in [2.24, 2.45) is 0 Å². The van der Waals surface area contributed by atoms with Crippen LogP contribution in [0.1, 0.15) is 0 Å². The Hall–Kier alpha value is -7.54. The fourth-order valence-corrected chi connectivity index (χ4v) is 9.15. The van der Waals surface area contributed by atoms with Crippen molar-refractivity contribution < 1.29 is 0 Å². The van der Waals surface area contributed by atoms with Gasteiger partial charge in [0.25, 0.3) is 0 Å². The lowest BCUT2D eigenvalue weighted by Gasteiger charge is -2.24. The second-order valence-corrected chi connectivity index (χ2v) is 15.2. The second kappa shape index (κ2) is 14.2. The van der Waals surface area contributed by atoms with Gasteiger partial charge >= 0.3 is 0 Å². The van der Waals surface area contributed by atoms with Gasteiger partial charge in [0.05, 0.1) is 0 Å². The van der Waals surface area contributed by atoms with Crippen LogP contribution in [0, 0.1) is 0 Å². The highest BCUT2D eigenvalue weighted by molar-refractivity contribution is 6.15. The molecule has 270 valence electrons. The van der Waals surface area contributed by atoms with Crippen molar-refractivity contribution in [3.8, 4) is 100 Å². The van der Waals surface area contributed by atoms with Gasteiger partial charge in [0, 0.05) is 0 Å². The highest BCUT2D eigenvalue weighted by atomic mass is 14.3. The van der Waals surface area contributed by atoms with E-state index in [1.165, 1.54) is 111 Å². The van der Waals surface area contributed by atoms with Crippen molar-refractivity contribution in [3.05, 3.63) is 231 Å². The summed E-state index contributed by atoms with van der Waals surface area (Å²) >= 11 is 0. The van der Waals surface area contributed by atoms with Gasteiger partial charge in [0.15, 0.2) is 0 Å². The summed E-state index contributed by atoms with van der Waals surface area (Å²) in [6, 6.07) is 84.5. The van der Waals surface area contributed by atoms with Crippen molar-refractivity contribution in [2.75, 3.05) is 0 Å². The molecule has 0 amide bonds. The first-order chi connectivity index (χ1) is 28.8. The van der Waals surface area contributed by atoms with Crippen LogP contribution in [-0.2, 0) is 0 Å². The molecule has 0 bridgehead atoms. The normalized spacial score (nSPS) is 11.4. The molecule has 0 unspecified atom stereocenters. The van der Waals surface area contributed by atoms with Gasteiger partial charge in [-0.05, 0) is 129 Å². The molecule has 1 aliphatic rings.